The predicted octanol–water partition coefficient (Wildman–Crippen LogP) is 1.75. The molecule has 2 unspecified atom stereocenters. The van der Waals surface area contributed by atoms with Gasteiger partial charge >= 0.3 is 6.09 Å². The van der Waals surface area contributed by atoms with Gasteiger partial charge in [-0.05, 0) is 19.8 Å². The minimum Gasteiger partial charge on any atom is -0.447 e. The summed E-state index contributed by atoms with van der Waals surface area (Å²) in [5.74, 6) is 1.62. The molecule has 92 valence electrons. The molecule has 4 nitrogen and oxygen atoms in total. The summed E-state index contributed by atoms with van der Waals surface area (Å²) in [7, 11) is 0. The smallest absolute Gasteiger partial charge is 0.410 e. The van der Waals surface area contributed by atoms with Crippen LogP contribution in [0.5, 0.6) is 0 Å². The Morgan fingerprint density at radius 2 is 1.88 bits per heavy atom. The number of ether oxygens (including phenoxy) is 2. The number of amides is 1. The van der Waals surface area contributed by atoms with Crippen LogP contribution in [0.2, 0.25) is 0 Å². The van der Waals surface area contributed by atoms with Crippen LogP contribution in [0.3, 0.4) is 0 Å². The minimum atomic E-state index is -0.168. The molecule has 0 spiro atoms. The molecule has 0 saturated carbocycles. The van der Waals surface area contributed by atoms with E-state index in [2.05, 4.69) is 6.92 Å². The van der Waals surface area contributed by atoms with Gasteiger partial charge in [0.1, 0.15) is 0 Å². The normalized spacial score (nSPS) is 34.0. The van der Waals surface area contributed by atoms with E-state index in [0.29, 0.717) is 17.8 Å². The molecular weight excluding hydrogens is 206 g/mol. The van der Waals surface area contributed by atoms with E-state index < -0.39 is 0 Å². The predicted molar refractivity (Wildman–Crippen MR) is 60.2 cm³/mol. The molecule has 2 rings (SSSR count). The van der Waals surface area contributed by atoms with Crippen molar-refractivity contribution in [3.63, 3.8) is 0 Å². The van der Waals surface area contributed by atoms with Crippen molar-refractivity contribution in [1.29, 1.82) is 0 Å². The Bertz CT molecular complexity index is 253. The molecule has 1 amide bonds. The molecule has 2 aliphatic rings. The molecule has 0 radical (unpaired) electrons. The highest BCUT2D eigenvalue weighted by molar-refractivity contribution is 5.68. The van der Waals surface area contributed by atoms with E-state index >= 15 is 0 Å². The summed E-state index contributed by atoms with van der Waals surface area (Å²) in [5, 5.41) is 0. The molecule has 0 aromatic carbocycles. The lowest BCUT2D eigenvalue weighted by atomic mass is 9.78. The standard InChI is InChI=1S/C12H21NO3/c1-8(2)16-12(14)13-4-10-6-15-7-11(5-13)9(10)3/h8-11H,4-7H2,1-3H3. The van der Waals surface area contributed by atoms with Gasteiger partial charge in [-0.25, -0.2) is 4.79 Å². The van der Waals surface area contributed by atoms with Gasteiger partial charge in [0.25, 0.3) is 0 Å². The molecular formula is C12H21NO3. The Labute approximate surface area is 96.9 Å². The molecule has 4 heteroatoms. The Balaban J connectivity index is 1.96. The highest BCUT2D eigenvalue weighted by Crippen LogP contribution is 2.32. The van der Waals surface area contributed by atoms with E-state index in [9.17, 15) is 4.79 Å². The number of hydrogen-bond donors (Lipinski definition) is 0. The average Bonchev–Trinajstić information content (AvgIpc) is 2.15. The van der Waals surface area contributed by atoms with Gasteiger partial charge in [0.15, 0.2) is 0 Å². The van der Waals surface area contributed by atoms with Crippen molar-refractivity contribution in [2.24, 2.45) is 17.8 Å². The second-order valence-electron chi connectivity index (χ2n) is 5.25. The molecule has 2 saturated heterocycles. The number of fused-ring (bicyclic) bond motifs is 2. The van der Waals surface area contributed by atoms with Crippen LogP contribution >= 0.6 is 0 Å². The molecule has 0 aromatic heterocycles. The maximum atomic E-state index is 11.8. The van der Waals surface area contributed by atoms with Crippen LogP contribution < -0.4 is 0 Å². The Morgan fingerprint density at radius 1 is 1.31 bits per heavy atom. The fourth-order valence-corrected chi connectivity index (χ4v) is 2.56. The molecule has 2 fully saturated rings. The van der Waals surface area contributed by atoms with Crippen molar-refractivity contribution in [3.8, 4) is 0 Å². The zero-order valence-corrected chi connectivity index (χ0v) is 10.3. The van der Waals surface area contributed by atoms with Crippen molar-refractivity contribution in [3.05, 3.63) is 0 Å². The summed E-state index contributed by atoms with van der Waals surface area (Å²) in [5.41, 5.74) is 0. The second-order valence-corrected chi connectivity index (χ2v) is 5.25. The van der Waals surface area contributed by atoms with Crippen LogP contribution in [0, 0.1) is 17.8 Å². The molecule has 16 heavy (non-hydrogen) atoms. The Kier molecular flexibility index (Phi) is 3.38. The van der Waals surface area contributed by atoms with Gasteiger partial charge in [-0.3, -0.25) is 0 Å². The molecule has 0 N–H and O–H groups in total. The third-order valence-corrected chi connectivity index (χ3v) is 3.66. The number of carbonyl (C=O) groups is 1. The molecule has 2 heterocycles. The van der Waals surface area contributed by atoms with Gasteiger partial charge in [-0.2, -0.15) is 0 Å². The minimum absolute atomic E-state index is 0.0389. The van der Waals surface area contributed by atoms with Crippen molar-refractivity contribution in [2.75, 3.05) is 26.3 Å². The zero-order chi connectivity index (χ0) is 11.7. The van der Waals surface area contributed by atoms with E-state index in [1.165, 1.54) is 0 Å². The lowest BCUT2D eigenvalue weighted by Crippen LogP contribution is -2.53. The molecule has 0 aliphatic carbocycles. The Hall–Kier alpha value is -0.770. The highest BCUT2D eigenvalue weighted by Gasteiger charge is 2.39. The van der Waals surface area contributed by atoms with Gasteiger partial charge in [-0.15, -0.1) is 0 Å². The monoisotopic (exact) mass is 227 g/mol. The van der Waals surface area contributed by atoms with Crippen molar-refractivity contribution in [2.45, 2.75) is 26.9 Å². The topological polar surface area (TPSA) is 38.8 Å². The van der Waals surface area contributed by atoms with Gasteiger partial charge in [-0.1, -0.05) is 6.92 Å². The summed E-state index contributed by atoms with van der Waals surface area (Å²) in [4.78, 5) is 13.7. The molecule has 0 aromatic rings. The first-order valence-electron chi connectivity index (χ1n) is 6.11. The van der Waals surface area contributed by atoms with E-state index in [-0.39, 0.29) is 12.2 Å². The average molecular weight is 227 g/mol. The van der Waals surface area contributed by atoms with Crippen LogP contribution in [0.4, 0.5) is 4.79 Å². The first kappa shape index (κ1) is 11.7. The van der Waals surface area contributed by atoms with Gasteiger partial charge in [0, 0.05) is 24.9 Å². The van der Waals surface area contributed by atoms with Gasteiger partial charge in [0.05, 0.1) is 19.3 Å². The lowest BCUT2D eigenvalue weighted by molar-refractivity contribution is -0.0746. The first-order chi connectivity index (χ1) is 7.58. The number of nitrogens with zero attached hydrogens (tertiary/aromatic N) is 1. The van der Waals surface area contributed by atoms with Crippen molar-refractivity contribution in [1.82, 2.24) is 4.90 Å². The van der Waals surface area contributed by atoms with E-state index in [0.717, 1.165) is 26.3 Å². The zero-order valence-electron chi connectivity index (χ0n) is 10.3. The number of hydrogen-bond acceptors (Lipinski definition) is 3. The summed E-state index contributed by atoms with van der Waals surface area (Å²) < 4.78 is 10.8. The van der Waals surface area contributed by atoms with Crippen molar-refractivity contribution >= 4 is 6.09 Å². The van der Waals surface area contributed by atoms with Crippen LogP contribution in [-0.4, -0.2) is 43.4 Å². The fraction of sp³-hybridized carbons (Fsp3) is 0.917. The van der Waals surface area contributed by atoms with E-state index in [1.54, 1.807) is 0 Å². The Morgan fingerprint density at radius 3 is 2.38 bits per heavy atom. The summed E-state index contributed by atoms with van der Waals surface area (Å²) in [6.07, 6.45) is -0.207. The summed E-state index contributed by atoms with van der Waals surface area (Å²) in [6.45, 7) is 9.16. The van der Waals surface area contributed by atoms with Crippen LogP contribution in [0.1, 0.15) is 20.8 Å². The van der Waals surface area contributed by atoms with Crippen LogP contribution in [-0.2, 0) is 9.47 Å². The largest absolute Gasteiger partial charge is 0.447 e. The second kappa shape index (κ2) is 4.62. The number of carbonyl (C=O) groups excluding carboxylic acids is 1. The summed E-state index contributed by atoms with van der Waals surface area (Å²) in [6, 6.07) is 0. The van der Waals surface area contributed by atoms with Gasteiger partial charge in [0.2, 0.25) is 0 Å². The summed E-state index contributed by atoms with van der Waals surface area (Å²) >= 11 is 0. The highest BCUT2D eigenvalue weighted by atomic mass is 16.6. The number of piperidine rings is 1. The SMILES string of the molecule is CC(C)OC(=O)N1CC2COCC(C1)C2C. The maximum Gasteiger partial charge on any atom is 0.410 e. The van der Waals surface area contributed by atoms with Crippen LogP contribution in [0.25, 0.3) is 0 Å². The van der Waals surface area contributed by atoms with E-state index in [1.807, 2.05) is 18.7 Å². The fourth-order valence-electron chi connectivity index (χ4n) is 2.56. The quantitative estimate of drug-likeness (QED) is 0.685. The van der Waals surface area contributed by atoms with E-state index in [4.69, 9.17) is 9.47 Å². The maximum absolute atomic E-state index is 11.8. The number of rotatable bonds is 1. The molecule has 2 aliphatic heterocycles. The lowest BCUT2D eigenvalue weighted by Gasteiger charge is -2.45. The van der Waals surface area contributed by atoms with Crippen LogP contribution in [0.15, 0.2) is 0 Å². The third-order valence-electron chi connectivity index (χ3n) is 3.66. The first-order valence-corrected chi connectivity index (χ1v) is 6.11. The number of likely N-dealkylation sites (tertiary alicyclic amines) is 1. The van der Waals surface area contributed by atoms with Gasteiger partial charge < -0.3 is 14.4 Å². The molecule has 2 atom stereocenters. The van der Waals surface area contributed by atoms with Crippen molar-refractivity contribution < 1.29 is 14.3 Å². The third kappa shape index (κ3) is 2.32. The molecule has 2 bridgehead atoms.